The molecule has 0 bridgehead atoms. The number of unbranched alkanes of at least 4 members (excludes halogenated alkanes) is 1. The molecule has 18 heavy (non-hydrogen) atoms. The summed E-state index contributed by atoms with van der Waals surface area (Å²) in [5.41, 5.74) is 1.08. The van der Waals surface area contributed by atoms with Crippen LogP contribution in [0.3, 0.4) is 0 Å². The van der Waals surface area contributed by atoms with E-state index in [9.17, 15) is 0 Å². The maximum Gasteiger partial charge on any atom is 0.151 e. The fraction of sp³-hybridized carbons (Fsp3) is 0.786. The van der Waals surface area contributed by atoms with Crippen LogP contribution in [0.1, 0.15) is 52.0 Å². The Morgan fingerprint density at radius 2 is 2.11 bits per heavy atom. The smallest absolute Gasteiger partial charge is 0.151 e. The molecule has 0 aliphatic rings. The Morgan fingerprint density at radius 1 is 1.39 bits per heavy atom. The molecule has 0 aromatic carbocycles. The molecule has 1 aromatic rings. The first-order valence-corrected chi connectivity index (χ1v) is 6.79. The fourth-order valence-electron chi connectivity index (χ4n) is 1.64. The Hall–Kier alpha value is -0.870. The highest BCUT2D eigenvalue weighted by atomic mass is 16.5. The van der Waals surface area contributed by atoms with Crippen molar-refractivity contribution < 1.29 is 4.52 Å². The monoisotopic (exact) mass is 253 g/mol. The number of nitrogens with one attached hydrogen (secondary N) is 1. The minimum absolute atomic E-state index is 0.108. The normalized spacial score (nSPS) is 12.3. The minimum Gasteiger partial charge on any atom is -0.360 e. The zero-order valence-electron chi connectivity index (χ0n) is 12.4. The van der Waals surface area contributed by atoms with Gasteiger partial charge in [-0.1, -0.05) is 18.5 Å². The molecule has 0 atom stereocenters. The second-order valence-corrected chi connectivity index (χ2v) is 5.98. The molecule has 4 heteroatoms. The molecule has 1 heterocycles. The van der Waals surface area contributed by atoms with Crippen molar-refractivity contribution in [1.82, 2.24) is 15.4 Å². The summed E-state index contributed by atoms with van der Waals surface area (Å²) in [5, 5.41) is 7.49. The molecular formula is C14H27N3O. The second kappa shape index (κ2) is 6.90. The Bertz CT molecular complexity index is 341. The van der Waals surface area contributed by atoms with Crippen molar-refractivity contribution in [1.29, 1.82) is 0 Å². The quantitative estimate of drug-likeness (QED) is 0.811. The first kappa shape index (κ1) is 15.2. The summed E-state index contributed by atoms with van der Waals surface area (Å²) in [7, 11) is 2.12. The van der Waals surface area contributed by atoms with Crippen LogP contribution >= 0.6 is 0 Å². The summed E-state index contributed by atoms with van der Waals surface area (Å²) < 4.78 is 5.35. The van der Waals surface area contributed by atoms with E-state index in [4.69, 9.17) is 4.52 Å². The van der Waals surface area contributed by atoms with E-state index in [1.807, 2.05) is 6.07 Å². The molecule has 0 aliphatic carbocycles. The van der Waals surface area contributed by atoms with Gasteiger partial charge < -0.3 is 9.84 Å². The average molecular weight is 253 g/mol. The lowest BCUT2D eigenvalue weighted by Gasteiger charge is -2.19. The maximum atomic E-state index is 5.35. The van der Waals surface area contributed by atoms with Crippen LogP contribution < -0.4 is 5.32 Å². The minimum atomic E-state index is 0.108. The molecule has 1 rings (SSSR count). The van der Waals surface area contributed by atoms with E-state index < -0.39 is 0 Å². The number of rotatable bonds is 7. The third-order valence-electron chi connectivity index (χ3n) is 2.73. The van der Waals surface area contributed by atoms with Crippen LogP contribution in [0.15, 0.2) is 10.6 Å². The largest absolute Gasteiger partial charge is 0.360 e. The molecule has 104 valence electrons. The van der Waals surface area contributed by atoms with Crippen molar-refractivity contribution in [3.8, 4) is 0 Å². The van der Waals surface area contributed by atoms with Gasteiger partial charge >= 0.3 is 0 Å². The average Bonchev–Trinajstić information content (AvgIpc) is 2.70. The van der Waals surface area contributed by atoms with Gasteiger partial charge in [-0.3, -0.25) is 4.90 Å². The van der Waals surface area contributed by atoms with Crippen LogP contribution in [-0.4, -0.2) is 29.2 Å². The van der Waals surface area contributed by atoms with Crippen molar-refractivity contribution in [2.75, 3.05) is 13.6 Å². The van der Waals surface area contributed by atoms with Gasteiger partial charge in [-0.2, -0.15) is 0 Å². The summed E-state index contributed by atoms with van der Waals surface area (Å²) in [6.45, 7) is 11.3. The molecule has 0 fully saturated rings. The number of hydrogen-bond donors (Lipinski definition) is 1. The van der Waals surface area contributed by atoms with E-state index in [0.717, 1.165) is 31.1 Å². The van der Waals surface area contributed by atoms with Gasteiger partial charge in [-0.05, 0) is 40.8 Å². The highest BCUT2D eigenvalue weighted by Crippen LogP contribution is 2.08. The molecule has 4 nitrogen and oxygen atoms in total. The molecule has 1 aromatic heterocycles. The Morgan fingerprint density at radius 3 is 2.72 bits per heavy atom. The maximum absolute atomic E-state index is 5.35. The first-order valence-electron chi connectivity index (χ1n) is 6.79. The molecule has 1 N–H and O–H groups in total. The summed E-state index contributed by atoms with van der Waals surface area (Å²) >= 11 is 0. The van der Waals surface area contributed by atoms with E-state index >= 15 is 0 Å². The SMILES string of the molecule is CCCCN(C)Cc1cc(CNC(C)(C)C)no1. The zero-order valence-corrected chi connectivity index (χ0v) is 12.4. The van der Waals surface area contributed by atoms with Crippen molar-refractivity contribution in [2.45, 2.75) is 59.2 Å². The lowest BCUT2D eigenvalue weighted by atomic mass is 10.1. The summed E-state index contributed by atoms with van der Waals surface area (Å²) in [5.74, 6) is 0.944. The van der Waals surface area contributed by atoms with E-state index in [2.05, 4.69) is 50.1 Å². The van der Waals surface area contributed by atoms with Crippen molar-refractivity contribution >= 4 is 0 Å². The predicted molar refractivity (Wildman–Crippen MR) is 74.3 cm³/mol. The third-order valence-corrected chi connectivity index (χ3v) is 2.73. The van der Waals surface area contributed by atoms with Crippen LogP contribution in [0, 0.1) is 0 Å². The van der Waals surface area contributed by atoms with Gasteiger partial charge in [0.2, 0.25) is 0 Å². The van der Waals surface area contributed by atoms with Gasteiger partial charge in [0.1, 0.15) is 0 Å². The Kier molecular flexibility index (Phi) is 5.82. The lowest BCUT2D eigenvalue weighted by molar-refractivity contribution is 0.268. The fourth-order valence-corrected chi connectivity index (χ4v) is 1.64. The van der Waals surface area contributed by atoms with Crippen LogP contribution in [0.4, 0.5) is 0 Å². The zero-order chi connectivity index (χ0) is 13.6. The van der Waals surface area contributed by atoms with Gasteiger partial charge in [0.25, 0.3) is 0 Å². The molecule has 0 amide bonds. The van der Waals surface area contributed by atoms with Crippen molar-refractivity contribution in [3.05, 3.63) is 17.5 Å². The molecule has 0 aliphatic heterocycles. The predicted octanol–water partition coefficient (Wildman–Crippen LogP) is 2.79. The van der Waals surface area contributed by atoms with E-state index in [0.29, 0.717) is 0 Å². The van der Waals surface area contributed by atoms with Gasteiger partial charge in [-0.15, -0.1) is 0 Å². The summed E-state index contributed by atoms with van der Waals surface area (Å²) in [4.78, 5) is 2.27. The van der Waals surface area contributed by atoms with Crippen LogP contribution in [0.5, 0.6) is 0 Å². The topological polar surface area (TPSA) is 41.3 Å². The third kappa shape index (κ3) is 6.17. The number of nitrogens with zero attached hydrogens (tertiary/aromatic N) is 2. The van der Waals surface area contributed by atoms with Crippen LogP contribution in [-0.2, 0) is 13.1 Å². The lowest BCUT2D eigenvalue weighted by Crippen LogP contribution is -2.35. The van der Waals surface area contributed by atoms with Gasteiger partial charge in [-0.25, -0.2) is 0 Å². The van der Waals surface area contributed by atoms with Crippen LogP contribution in [0.25, 0.3) is 0 Å². The Labute approximate surface area is 111 Å². The first-order chi connectivity index (χ1) is 8.40. The molecule has 0 saturated heterocycles. The van der Waals surface area contributed by atoms with E-state index in [1.54, 1.807) is 0 Å². The van der Waals surface area contributed by atoms with Gasteiger partial charge in [0, 0.05) is 18.2 Å². The summed E-state index contributed by atoms with van der Waals surface area (Å²) in [6, 6.07) is 2.04. The highest BCUT2D eigenvalue weighted by molar-refractivity contribution is 5.05. The highest BCUT2D eigenvalue weighted by Gasteiger charge is 2.11. The number of hydrogen-bond acceptors (Lipinski definition) is 4. The van der Waals surface area contributed by atoms with E-state index in [-0.39, 0.29) is 5.54 Å². The Balaban J connectivity index is 2.38. The van der Waals surface area contributed by atoms with Crippen LogP contribution in [0.2, 0.25) is 0 Å². The number of aromatic nitrogens is 1. The molecule has 0 unspecified atom stereocenters. The molecular weight excluding hydrogens is 226 g/mol. The molecule has 0 saturated carbocycles. The van der Waals surface area contributed by atoms with Crippen molar-refractivity contribution in [3.63, 3.8) is 0 Å². The molecule has 0 radical (unpaired) electrons. The van der Waals surface area contributed by atoms with Crippen molar-refractivity contribution in [2.24, 2.45) is 0 Å². The molecule has 0 spiro atoms. The summed E-state index contributed by atoms with van der Waals surface area (Å²) in [6.07, 6.45) is 2.45. The van der Waals surface area contributed by atoms with Gasteiger partial charge in [0.15, 0.2) is 5.76 Å². The van der Waals surface area contributed by atoms with E-state index in [1.165, 1.54) is 12.8 Å². The second-order valence-electron chi connectivity index (χ2n) is 5.98. The van der Waals surface area contributed by atoms with Gasteiger partial charge in [0.05, 0.1) is 12.2 Å². The standard InChI is InChI=1S/C14H27N3O/c1-6-7-8-17(5)11-13-9-12(16-18-13)10-15-14(2,3)4/h9,15H,6-8,10-11H2,1-5H3.